The summed E-state index contributed by atoms with van der Waals surface area (Å²) in [6, 6.07) is 8.19. The number of nitrogens with zero attached hydrogens (tertiary/aromatic N) is 1. The molecule has 3 rings (SSSR count). The first-order chi connectivity index (χ1) is 16.0. The zero-order valence-corrected chi connectivity index (χ0v) is 19.5. The van der Waals surface area contributed by atoms with Crippen molar-refractivity contribution in [1.82, 2.24) is 15.5 Å². The number of methoxy groups -OCH3 is 1. The first kappa shape index (κ1) is 24.9. The number of benzene rings is 1. The number of rotatable bonds is 10. The van der Waals surface area contributed by atoms with Gasteiger partial charge in [-0.15, -0.1) is 11.3 Å². The largest absolute Gasteiger partial charge is 0.383 e. The molecular weight excluding hydrogens is 445 g/mol. The summed E-state index contributed by atoms with van der Waals surface area (Å²) in [4.78, 5) is 40.7. The van der Waals surface area contributed by atoms with Gasteiger partial charge in [-0.05, 0) is 30.4 Å². The van der Waals surface area contributed by atoms with Gasteiger partial charge in [0.05, 0.1) is 18.0 Å². The van der Waals surface area contributed by atoms with Crippen LogP contribution in [0.4, 0.5) is 4.39 Å². The normalized spacial score (nSPS) is 15.0. The molecular formula is C24H30FN3O4S. The van der Waals surface area contributed by atoms with Gasteiger partial charge >= 0.3 is 0 Å². The summed E-state index contributed by atoms with van der Waals surface area (Å²) >= 11 is 1.26. The highest BCUT2D eigenvalue weighted by atomic mass is 32.1. The molecule has 1 fully saturated rings. The fourth-order valence-electron chi connectivity index (χ4n) is 4.01. The van der Waals surface area contributed by atoms with Gasteiger partial charge in [0.2, 0.25) is 11.8 Å². The van der Waals surface area contributed by atoms with Gasteiger partial charge in [-0.3, -0.25) is 14.4 Å². The Morgan fingerprint density at radius 3 is 2.58 bits per heavy atom. The van der Waals surface area contributed by atoms with Crippen molar-refractivity contribution < 1.29 is 23.5 Å². The van der Waals surface area contributed by atoms with Gasteiger partial charge in [0, 0.05) is 25.3 Å². The number of carbonyl (C=O) groups is 3. The minimum atomic E-state index is -1.17. The van der Waals surface area contributed by atoms with Crippen LogP contribution in [0.2, 0.25) is 0 Å². The maximum atomic E-state index is 14.8. The number of amides is 3. The second-order valence-electron chi connectivity index (χ2n) is 8.01. The molecule has 178 valence electrons. The molecule has 1 aromatic carbocycles. The Kier molecular flexibility index (Phi) is 9.38. The van der Waals surface area contributed by atoms with E-state index in [9.17, 15) is 18.8 Å². The maximum absolute atomic E-state index is 14.8. The van der Waals surface area contributed by atoms with Crippen molar-refractivity contribution in [2.75, 3.05) is 26.8 Å². The third-order valence-corrected chi connectivity index (χ3v) is 6.58. The Bertz CT molecular complexity index is 932. The lowest BCUT2D eigenvalue weighted by Gasteiger charge is -2.33. The molecule has 0 aliphatic heterocycles. The molecule has 33 heavy (non-hydrogen) atoms. The maximum Gasteiger partial charge on any atom is 0.261 e. The highest BCUT2D eigenvalue weighted by Crippen LogP contribution is 2.26. The van der Waals surface area contributed by atoms with Crippen LogP contribution in [0.3, 0.4) is 0 Å². The van der Waals surface area contributed by atoms with Crippen LogP contribution < -0.4 is 10.6 Å². The van der Waals surface area contributed by atoms with Crippen LogP contribution >= 0.6 is 11.3 Å². The number of halogens is 1. The van der Waals surface area contributed by atoms with Crippen molar-refractivity contribution in [2.24, 2.45) is 0 Å². The van der Waals surface area contributed by atoms with Crippen LogP contribution in [0.25, 0.3) is 0 Å². The highest BCUT2D eigenvalue weighted by molar-refractivity contribution is 7.12. The number of carbonyl (C=O) groups excluding carboxylic acids is 3. The molecule has 1 aliphatic rings. The lowest BCUT2D eigenvalue weighted by atomic mass is 9.94. The second kappa shape index (κ2) is 12.5. The van der Waals surface area contributed by atoms with E-state index in [1.807, 2.05) is 0 Å². The minimum absolute atomic E-state index is 0.00145. The number of hydrogen-bond acceptors (Lipinski definition) is 5. The quantitative estimate of drug-likeness (QED) is 0.552. The van der Waals surface area contributed by atoms with Crippen molar-refractivity contribution in [3.63, 3.8) is 0 Å². The SMILES string of the molecule is COCCN(C(=O)CNC(=O)c1cccs1)C(C(=O)NC1CCCCC1)c1ccccc1F. The van der Waals surface area contributed by atoms with Crippen LogP contribution in [0, 0.1) is 5.82 Å². The summed E-state index contributed by atoms with van der Waals surface area (Å²) in [5, 5.41) is 7.38. The third kappa shape index (κ3) is 6.85. The molecule has 0 bridgehead atoms. The molecule has 1 aromatic heterocycles. The topological polar surface area (TPSA) is 87.7 Å². The fourth-order valence-corrected chi connectivity index (χ4v) is 4.65. The van der Waals surface area contributed by atoms with Crippen molar-refractivity contribution >= 4 is 29.1 Å². The van der Waals surface area contributed by atoms with E-state index in [2.05, 4.69) is 10.6 Å². The van der Waals surface area contributed by atoms with E-state index < -0.39 is 23.7 Å². The van der Waals surface area contributed by atoms with Gasteiger partial charge < -0.3 is 20.3 Å². The van der Waals surface area contributed by atoms with E-state index in [1.165, 1.54) is 41.5 Å². The van der Waals surface area contributed by atoms with Crippen molar-refractivity contribution in [2.45, 2.75) is 44.2 Å². The Hall–Kier alpha value is -2.78. The molecule has 1 heterocycles. The molecule has 7 nitrogen and oxygen atoms in total. The number of hydrogen-bond donors (Lipinski definition) is 2. The van der Waals surface area contributed by atoms with Crippen LogP contribution in [-0.2, 0) is 14.3 Å². The molecule has 0 radical (unpaired) electrons. The lowest BCUT2D eigenvalue weighted by molar-refractivity contribution is -0.141. The summed E-state index contributed by atoms with van der Waals surface area (Å²) in [5.74, 6) is -1.87. The average Bonchev–Trinajstić information content (AvgIpc) is 3.36. The summed E-state index contributed by atoms with van der Waals surface area (Å²) in [7, 11) is 1.49. The Balaban J connectivity index is 1.83. The monoisotopic (exact) mass is 475 g/mol. The van der Waals surface area contributed by atoms with Gasteiger partial charge in [0.1, 0.15) is 11.9 Å². The highest BCUT2D eigenvalue weighted by Gasteiger charge is 2.34. The average molecular weight is 476 g/mol. The molecule has 0 saturated heterocycles. The standard InChI is InChI=1S/C24H30FN3O4S/c1-32-14-13-28(21(29)16-26-23(30)20-12-7-15-33-20)22(18-10-5-6-11-19(18)25)24(31)27-17-8-3-2-4-9-17/h5-7,10-12,15,17,22H,2-4,8-9,13-14,16H2,1H3,(H,26,30)(H,27,31). The van der Waals surface area contributed by atoms with E-state index in [-0.39, 0.29) is 37.2 Å². The zero-order valence-electron chi connectivity index (χ0n) is 18.7. The molecule has 1 unspecified atom stereocenters. The van der Waals surface area contributed by atoms with Gasteiger partial charge in [-0.2, -0.15) is 0 Å². The first-order valence-corrected chi connectivity index (χ1v) is 12.0. The van der Waals surface area contributed by atoms with E-state index >= 15 is 0 Å². The van der Waals surface area contributed by atoms with Crippen LogP contribution in [0.1, 0.15) is 53.4 Å². The molecule has 2 N–H and O–H groups in total. The van der Waals surface area contributed by atoms with Gasteiger partial charge in [0.25, 0.3) is 5.91 Å². The Morgan fingerprint density at radius 1 is 1.15 bits per heavy atom. The summed E-state index contributed by atoms with van der Waals surface area (Å²) in [6.45, 7) is -0.0876. The van der Waals surface area contributed by atoms with Crippen LogP contribution in [0.15, 0.2) is 41.8 Å². The zero-order chi connectivity index (χ0) is 23.6. The molecule has 1 aliphatic carbocycles. The van der Waals surface area contributed by atoms with E-state index in [1.54, 1.807) is 23.6 Å². The predicted octanol–water partition coefficient (Wildman–Crippen LogP) is 3.28. The summed E-state index contributed by atoms with van der Waals surface area (Å²) < 4.78 is 20.0. The Labute approximate surface area is 197 Å². The van der Waals surface area contributed by atoms with E-state index in [0.29, 0.717) is 4.88 Å². The van der Waals surface area contributed by atoms with Crippen molar-refractivity contribution in [1.29, 1.82) is 0 Å². The van der Waals surface area contributed by atoms with Gasteiger partial charge in [0.15, 0.2) is 0 Å². The second-order valence-corrected chi connectivity index (χ2v) is 8.96. The number of thiophene rings is 1. The molecule has 9 heteroatoms. The molecule has 3 amide bonds. The third-order valence-electron chi connectivity index (χ3n) is 5.71. The molecule has 2 aromatic rings. The fraction of sp³-hybridized carbons (Fsp3) is 0.458. The minimum Gasteiger partial charge on any atom is -0.383 e. The summed E-state index contributed by atoms with van der Waals surface area (Å²) in [5.41, 5.74) is 0.111. The first-order valence-electron chi connectivity index (χ1n) is 11.2. The molecule has 1 saturated carbocycles. The predicted molar refractivity (Wildman–Crippen MR) is 124 cm³/mol. The van der Waals surface area contributed by atoms with Crippen molar-refractivity contribution in [3.05, 3.63) is 58.0 Å². The van der Waals surface area contributed by atoms with E-state index in [0.717, 1.165) is 32.1 Å². The van der Waals surface area contributed by atoms with Gasteiger partial charge in [-0.25, -0.2) is 4.39 Å². The Morgan fingerprint density at radius 2 is 1.91 bits per heavy atom. The van der Waals surface area contributed by atoms with E-state index in [4.69, 9.17) is 4.74 Å². The lowest BCUT2D eigenvalue weighted by Crippen LogP contribution is -2.50. The van der Waals surface area contributed by atoms with Crippen LogP contribution in [0.5, 0.6) is 0 Å². The smallest absolute Gasteiger partial charge is 0.261 e. The van der Waals surface area contributed by atoms with Crippen LogP contribution in [-0.4, -0.2) is 55.5 Å². The molecule has 0 spiro atoms. The number of ether oxygens (including phenoxy) is 1. The number of nitrogens with one attached hydrogen (secondary N) is 2. The van der Waals surface area contributed by atoms with Gasteiger partial charge in [-0.1, -0.05) is 43.5 Å². The molecule has 1 atom stereocenters. The summed E-state index contributed by atoms with van der Waals surface area (Å²) in [6.07, 6.45) is 4.90. The van der Waals surface area contributed by atoms with Crippen molar-refractivity contribution in [3.8, 4) is 0 Å².